The maximum Gasteiger partial charge on any atom is 0.269 e. The molecule has 0 atom stereocenters. The van der Waals surface area contributed by atoms with Crippen LogP contribution in [0.3, 0.4) is 0 Å². The van der Waals surface area contributed by atoms with Crippen LogP contribution in [0, 0.1) is 0 Å². The molecule has 7 nitrogen and oxygen atoms in total. The van der Waals surface area contributed by atoms with Crippen molar-refractivity contribution >= 4 is 38.9 Å². The van der Waals surface area contributed by atoms with Crippen LogP contribution < -0.4 is 20.9 Å². The summed E-state index contributed by atoms with van der Waals surface area (Å²) in [4.78, 5) is 12.2. The predicted molar refractivity (Wildman–Crippen MR) is 105 cm³/mol. The van der Waals surface area contributed by atoms with E-state index < -0.39 is 15.9 Å². The summed E-state index contributed by atoms with van der Waals surface area (Å²) in [6, 6.07) is 14.6. The number of carbonyl (C=O) groups excluding carboxylic acids is 1. The Morgan fingerprint density at radius 1 is 0.962 bits per heavy atom. The molecule has 0 aliphatic heterocycles. The first-order valence-electron chi connectivity index (χ1n) is 7.83. The van der Waals surface area contributed by atoms with Crippen LogP contribution in [0.15, 0.2) is 59.5 Å². The molecule has 0 aromatic heterocycles. The molecule has 138 valence electrons. The number of rotatable bonds is 5. The van der Waals surface area contributed by atoms with Gasteiger partial charge in [-0.05, 0) is 62.5 Å². The summed E-state index contributed by atoms with van der Waals surface area (Å²) in [6.07, 6.45) is 0. The molecule has 0 heterocycles. The molecular formula is C17H20N4O3S2. The first-order chi connectivity index (χ1) is 12.3. The monoisotopic (exact) mass is 392 g/mol. The van der Waals surface area contributed by atoms with Crippen molar-refractivity contribution in [2.24, 2.45) is 0 Å². The normalized spacial score (nSPS) is 11.0. The lowest BCUT2D eigenvalue weighted by Crippen LogP contribution is -2.43. The summed E-state index contributed by atoms with van der Waals surface area (Å²) < 4.78 is 26.6. The Morgan fingerprint density at radius 3 is 2.15 bits per heavy atom. The molecule has 0 saturated heterocycles. The lowest BCUT2D eigenvalue weighted by Gasteiger charge is -2.12. The zero-order valence-corrected chi connectivity index (χ0v) is 15.9. The van der Waals surface area contributed by atoms with E-state index in [-0.39, 0.29) is 16.0 Å². The predicted octanol–water partition coefficient (Wildman–Crippen LogP) is 2.00. The van der Waals surface area contributed by atoms with Crippen molar-refractivity contribution in [3.63, 3.8) is 0 Å². The number of thiocarbonyl (C=S) groups is 1. The molecule has 0 radical (unpaired) electrons. The summed E-state index contributed by atoms with van der Waals surface area (Å²) in [5, 5.41) is 3.14. The minimum atomic E-state index is -3.59. The molecule has 1 amide bonds. The fourth-order valence-electron chi connectivity index (χ4n) is 2.03. The Balaban J connectivity index is 1.92. The van der Waals surface area contributed by atoms with Gasteiger partial charge in [0.15, 0.2) is 5.11 Å². The van der Waals surface area contributed by atoms with Gasteiger partial charge in [-0.2, -0.15) is 0 Å². The smallest absolute Gasteiger partial charge is 0.269 e. The maximum atomic E-state index is 12.1. The third kappa shape index (κ3) is 5.80. The Bertz CT molecular complexity index is 867. The van der Waals surface area contributed by atoms with E-state index in [1.165, 1.54) is 24.3 Å². The molecule has 26 heavy (non-hydrogen) atoms. The van der Waals surface area contributed by atoms with Crippen molar-refractivity contribution in [1.82, 2.24) is 15.6 Å². The second kappa shape index (κ2) is 8.75. The highest BCUT2D eigenvalue weighted by molar-refractivity contribution is 7.89. The van der Waals surface area contributed by atoms with E-state index in [0.717, 1.165) is 5.69 Å². The van der Waals surface area contributed by atoms with E-state index >= 15 is 0 Å². The highest BCUT2D eigenvalue weighted by Gasteiger charge is 2.16. The first kappa shape index (κ1) is 19.8. The second-order valence-electron chi connectivity index (χ2n) is 5.70. The number of benzene rings is 2. The Morgan fingerprint density at radius 2 is 1.58 bits per heavy atom. The van der Waals surface area contributed by atoms with Crippen molar-refractivity contribution in [2.75, 3.05) is 5.32 Å². The van der Waals surface area contributed by atoms with Crippen LogP contribution in [0.4, 0.5) is 5.69 Å². The minimum Gasteiger partial charge on any atom is -0.331 e. The van der Waals surface area contributed by atoms with Gasteiger partial charge in [0, 0.05) is 17.3 Å². The number of hydrogen-bond donors (Lipinski definition) is 4. The van der Waals surface area contributed by atoms with Crippen LogP contribution in [-0.4, -0.2) is 25.5 Å². The molecule has 0 unspecified atom stereocenters. The highest BCUT2D eigenvalue weighted by Crippen LogP contribution is 2.11. The van der Waals surface area contributed by atoms with E-state index in [2.05, 4.69) is 20.9 Å². The van der Waals surface area contributed by atoms with Crippen molar-refractivity contribution in [1.29, 1.82) is 0 Å². The van der Waals surface area contributed by atoms with Crippen LogP contribution in [0.1, 0.15) is 24.2 Å². The zero-order valence-electron chi connectivity index (χ0n) is 14.3. The van der Waals surface area contributed by atoms with Crippen LogP contribution in [0.5, 0.6) is 0 Å². The number of anilines is 1. The van der Waals surface area contributed by atoms with E-state index in [1.54, 1.807) is 13.8 Å². The van der Waals surface area contributed by atoms with Gasteiger partial charge in [-0.25, -0.2) is 13.1 Å². The summed E-state index contributed by atoms with van der Waals surface area (Å²) in [7, 11) is -3.59. The number of nitrogens with one attached hydrogen (secondary N) is 4. The number of hydrazine groups is 1. The van der Waals surface area contributed by atoms with Gasteiger partial charge in [0.1, 0.15) is 0 Å². The SMILES string of the molecule is CC(C)NS(=O)(=O)c1ccc(C(=O)NNC(=S)Nc2ccccc2)cc1. The van der Waals surface area contributed by atoms with Gasteiger partial charge in [0.2, 0.25) is 10.0 Å². The average Bonchev–Trinajstić information content (AvgIpc) is 2.59. The Hall–Kier alpha value is -2.49. The molecule has 2 rings (SSSR count). The minimum absolute atomic E-state index is 0.0944. The van der Waals surface area contributed by atoms with E-state index in [0.29, 0.717) is 5.56 Å². The van der Waals surface area contributed by atoms with E-state index in [1.807, 2.05) is 30.3 Å². The third-order valence-electron chi connectivity index (χ3n) is 3.14. The number of amides is 1. The molecule has 0 fully saturated rings. The van der Waals surface area contributed by atoms with E-state index in [4.69, 9.17) is 12.2 Å². The molecule has 2 aromatic rings. The number of carbonyl (C=O) groups is 1. The molecule has 9 heteroatoms. The molecule has 0 aliphatic carbocycles. The molecule has 2 aromatic carbocycles. The molecule has 0 saturated carbocycles. The van der Waals surface area contributed by atoms with Gasteiger partial charge in [0.05, 0.1) is 4.90 Å². The Labute approximate surface area is 158 Å². The summed E-state index contributed by atoms with van der Waals surface area (Å²) in [6.45, 7) is 3.47. The summed E-state index contributed by atoms with van der Waals surface area (Å²) in [5.41, 5.74) is 6.12. The van der Waals surface area contributed by atoms with Gasteiger partial charge in [0.25, 0.3) is 5.91 Å². The first-order valence-corrected chi connectivity index (χ1v) is 9.72. The van der Waals surface area contributed by atoms with Crippen LogP contribution >= 0.6 is 12.2 Å². The topological polar surface area (TPSA) is 99.3 Å². The quantitative estimate of drug-likeness (QED) is 0.459. The fourth-order valence-corrected chi connectivity index (χ4v) is 3.45. The van der Waals surface area contributed by atoms with Gasteiger partial charge >= 0.3 is 0 Å². The standard InChI is InChI=1S/C17H20N4O3S2/c1-12(2)21-26(23,24)15-10-8-13(9-11-15)16(22)19-20-17(25)18-14-6-4-3-5-7-14/h3-12,21H,1-2H3,(H,19,22)(H2,18,20,25). The number of hydrogen-bond acceptors (Lipinski definition) is 4. The Kier molecular flexibility index (Phi) is 6.67. The van der Waals surface area contributed by atoms with Crippen LogP contribution in [-0.2, 0) is 10.0 Å². The summed E-state index contributed by atoms with van der Waals surface area (Å²) in [5.74, 6) is -0.442. The van der Waals surface area contributed by atoms with Gasteiger partial charge < -0.3 is 5.32 Å². The second-order valence-corrected chi connectivity index (χ2v) is 7.82. The zero-order chi connectivity index (χ0) is 19.2. The van der Waals surface area contributed by atoms with E-state index in [9.17, 15) is 13.2 Å². The largest absolute Gasteiger partial charge is 0.331 e. The maximum absolute atomic E-state index is 12.1. The van der Waals surface area contributed by atoms with Crippen molar-refractivity contribution < 1.29 is 13.2 Å². The van der Waals surface area contributed by atoms with Crippen molar-refractivity contribution in [2.45, 2.75) is 24.8 Å². The molecular weight excluding hydrogens is 372 g/mol. The molecule has 0 aliphatic rings. The van der Waals surface area contributed by atoms with Crippen LogP contribution in [0.25, 0.3) is 0 Å². The highest BCUT2D eigenvalue weighted by atomic mass is 32.2. The van der Waals surface area contributed by atoms with Gasteiger partial charge in [-0.3, -0.25) is 15.6 Å². The third-order valence-corrected chi connectivity index (χ3v) is 5.02. The van der Waals surface area contributed by atoms with Crippen LogP contribution in [0.2, 0.25) is 0 Å². The number of sulfonamides is 1. The van der Waals surface area contributed by atoms with Gasteiger partial charge in [-0.15, -0.1) is 0 Å². The number of para-hydroxylation sites is 1. The van der Waals surface area contributed by atoms with Gasteiger partial charge in [-0.1, -0.05) is 18.2 Å². The fraction of sp³-hybridized carbons (Fsp3) is 0.176. The molecule has 0 spiro atoms. The van der Waals surface area contributed by atoms with Crippen molar-refractivity contribution in [3.8, 4) is 0 Å². The molecule has 4 N–H and O–H groups in total. The lowest BCUT2D eigenvalue weighted by atomic mass is 10.2. The van der Waals surface area contributed by atoms with Crippen molar-refractivity contribution in [3.05, 3.63) is 60.2 Å². The lowest BCUT2D eigenvalue weighted by molar-refractivity contribution is 0.0944. The average molecular weight is 393 g/mol. The summed E-state index contributed by atoms with van der Waals surface area (Å²) >= 11 is 5.09. The molecule has 0 bridgehead atoms.